The maximum Gasteiger partial charge on any atom is 0.211 e. The topological polar surface area (TPSA) is 46.2 Å². The predicted octanol–water partition coefficient (Wildman–Crippen LogP) is 0.334. The molecule has 0 aromatic rings. The number of nitrogens with one attached hydrogen (secondary N) is 1. The Hall–Kier alpha value is -0.0900. The van der Waals surface area contributed by atoms with Crippen LogP contribution >= 0.6 is 0 Å². The number of hydrogen-bond acceptors (Lipinski definition) is 2. The van der Waals surface area contributed by atoms with Crippen molar-refractivity contribution in [3.8, 4) is 0 Å². The maximum atomic E-state index is 10.7. The standard InChI is InChI=1S/C5H13NO2S/c1-4-9(7,8)6-5(2)3/h5-6H,4H2,1-3H3. The van der Waals surface area contributed by atoms with Crippen molar-refractivity contribution in [2.75, 3.05) is 5.75 Å². The first kappa shape index (κ1) is 8.91. The van der Waals surface area contributed by atoms with Gasteiger partial charge in [0.1, 0.15) is 0 Å². The second kappa shape index (κ2) is 3.17. The van der Waals surface area contributed by atoms with E-state index in [1.165, 1.54) is 0 Å². The first-order valence-corrected chi connectivity index (χ1v) is 4.63. The largest absolute Gasteiger partial charge is 0.213 e. The molecule has 0 aliphatic carbocycles. The lowest BCUT2D eigenvalue weighted by Crippen LogP contribution is -2.31. The van der Waals surface area contributed by atoms with Gasteiger partial charge in [-0.3, -0.25) is 0 Å². The third-order valence-electron chi connectivity index (χ3n) is 0.795. The van der Waals surface area contributed by atoms with E-state index < -0.39 is 10.0 Å². The molecule has 0 atom stereocenters. The molecule has 3 nitrogen and oxygen atoms in total. The zero-order valence-corrected chi connectivity index (χ0v) is 6.83. The van der Waals surface area contributed by atoms with Gasteiger partial charge < -0.3 is 0 Å². The summed E-state index contributed by atoms with van der Waals surface area (Å²) in [5.74, 6) is 0.158. The average molecular weight is 151 g/mol. The minimum Gasteiger partial charge on any atom is -0.213 e. The molecule has 0 fully saturated rings. The van der Waals surface area contributed by atoms with Gasteiger partial charge in [-0.05, 0) is 20.8 Å². The zero-order valence-electron chi connectivity index (χ0n) is 6.01. The van der Waals surface area contributed by atoms with Gasteiger partial charge in [0.05, 0.1) is 5.75 Å². The number of hydrogen-bond donors (Lipinski definition) is 1. The van der Waals surface area contributed by atoms with Gasteiger partial charge in [0.2, 0.25) is 10.0 Å². The molecule has 4 heteroatoms. The first-order valence-electron chi connectivity index (χ1n) is 2.98. The highest BCUT2D eigenvalue weighted by molar-refractivity contribution is 7.89. The summed E-state index contributed by atoms with van der Waals surface area (Å²) in [5.41, 5.74) is 0. The van der Waals surface area contributed by atoms with Crippen LogP contribution in [-0.4, -0.2) is 20.2 Å². The minimum atomic E-state index is -2.97. The minimum absolute atomic E-state index is 0.00921. The molecular formula is C5H13NO2S. The van der Waals surface area contributed by atoms with Gasteiger partial charge in [0.25, 0.3) is 0 Å². The van der Waals surface area contributed by atoms with Gasteiger partial charge in [-0.15, -0.1) is 0 Å². The van der Waals surface area contributed by atoms with E-state index in [0.29, 0.717) is 0 Å². The van der Waals surface area contributed by atoms with Gasteiger partial charge in [-0.25, -0.2) is 13.1 Å². The Morgan fingerprint density at radius 1 is 1.44 bits per heavy atom. The Balaban J connectivity index is 3.90. The molecule has 1 N–H and O–H groups in total. The highest BCUT2D eigenvalue weighted by atomic mass is 32.2. The van der Waals surface area contributed by atoms with E-state index >= 15 is 0 Å². The predicted molar refractivity (Wildman–Crippen MR) is 37.7 cm³/mol. The summed E-state index contributed by atoms with van der Waals surface area (Å²) in [4.78, 5) is 0. The lowest BCUT2D eigenvalue weighted by Gasteiger charge is -2.05. The number of rotatable bonds is 3. The van der Waals surface area contributed by atoms with Crippen molar-refractivity contribution in [2.24, 2.45) is 0 Å². The lowest BCUT2D eigenvalue weighted by atomic mass is 10.4. The van der Waals surface area contributed by atoms with Crippen molar-refractivity contribution in [1.82, 2.24) is 4.72 Å². The molecule has 0 saturated carbocycles. The third-order valence-corrected chi connectivity index (χ3v) is 2.39. The molecule has 0 heterocycles. The van der Waals surface area contributed by atoms with Crippen molar-refractivity contribution in [1.29, 1.82) is 0 Å². The highest BCUT2D eigenvalue weighted by Crippen LogP contribution is 1.85. The van der Waals surface area contributed by atoms with E-state index in [1.807, 2.05) is 0 Å². The van der Waals surface area contributed by atoms with E-state index in [4.69, 9.17) is 0 Å². The third kappa shape index (κ3) is 4.42. The summed E-state index contributed by atoms with van der Waals surface area (Å²) in [6, 6.07) is 0.00921. The molecule has 0 aromatic carbocycles. The number of sulfonamides is 1. The van der Waals surface area contributed by atoms with Gasteiger partial charge in [-0.1, -0.05) is 0 Å². The molecule has 0 aromatic heterocycles. The zero-order chi connectivity index (χ0) is 7.49. The van der Waals surface area contributed by atoms with Crippen LogP contribution in [0.3, 0.4) is 0 Å². The Bertz CT molecular complexity index is 160. The summed E-state index contributed by atoms with van der Waals surface area (Å²) in [5, 5.41) is 0. The van der Waals surface area contributed by atoms with E-state index in [0.717, 1.165) is 0 Å². The van der Waals surface area contributed by atoms with Crippen molar-refractivity contribution >= 4 is 10.0 Å². The Morgan fingerprint density at radius 3 is 2.00 bits per heavy atom. The molecule has 0 bridgehead atoms. The molecule has 0 aliphatic heterocycles. The van der Waals surface area contributed by atoms with Crippen molar-refractivity contribution in [3.63, 3.8) is 0 Å². The molecule has 0 spiro atoms. The van der Waals surface area contributed by atoms with Crippen molar-refractivity contribution in [2.45, 2.75) is 26.8 Å². The summed E-state index contributed by atoms with van der Waals surface area (Å²) in [6.07, 6.45) is 0. The van der Waals surface area contributed by atoms with Crippen LogP contribution < -0.4 is 4.72 Å². The van der Waals surface area contributed by atoms with Crippen LogP contribution in [0.4, 0.5) is 0 Å². The molecule has 0 rings (SSSR count). The van der Waals surface area contributed by atoms with Crippen LogP contribution in [0, 0.1) is 0 Å². The summed E-state index contributed by atoms with van der Waals surface area (Å²) in [6.45, 7) is 5.21. The smallest absolute Gasteiger partial charge is 0.211 e. The molecule has 0 unspecified atom stereocenters. The van der Waals surface area contributed by atoms with Crippen LogP contribution in [-0.2, 0) is 10.0 Å². The fourth-order valence-electron chi connectivity index (χ4n) is 0.442. The molecule has 0 radical (unpaired) electrons. The fraction of sp³-hybridized carbons (Fsp3) is 1.00. The summed E-state index contributed by atoms with van der Waals surface area (Å²) in [7, 11) is -2.97. The lowest BCUT2D eigenvalue weighted by molar-refractivity contribution is 0.571. The molecule has 0 aliphatic rings. The molecule has 0 saturated heterocycles. The summed E-state index contributed by atoms with van der Waals surface area (Å²) >= 11 is 0. The van der Waals surface area contributed by atoms with Gasteiger partial charge >= 0.3 is 0 Å². The van der Waals surface area contributed by atoms with E-state index in [2.05, 4.69) is 4.72 Å². The summed E-state index contributed by atoms with van der Waals surface area (Å²) < 4.78 is 23.8. The molecule has 56 valence electrons. The SMILES string of the molecule is CCS(=O)(=O)NC(C)C. The van der Waals surface area contributed by atoms with E-state index in [1.54, 1.807) is 20.8 Å². The fourth-order valence-corrected chi connectivity index (χ4v) is 1.33. The van der Waals surface area contributed by atoms with Gasteiger partial charge in [0, 0.05) is 6.04 Å². The van der Waals surface area contributed by atoms with Gasteiger partial charge in [0.15, 0.2) is 0 Å². The van der Waals surface area contributed by atoms with Crippen LogP contribution in [0.5, 0.6) is 0 Å². The molecule has 9 heavy (non-hydrogen) atoms. The Labute approximate surface area is 56.5 Å². The normalized spacial score (nSPS) is 12.4. The van der Waals surface area contributed by atoms with Gasteiger partial charge in [-0.2, -0.15) is 0 Å². The van der Waals surface area contributed by atoms with Crippen LogP contribution in [0.1, 0.15) is 20.8 Å². The van der Waals surface area contributed by atoms with E-state index in [-0.39, 0.29) is 11.8 Å². The monoisotopic (exact) mass is 151 g/mol. The Kier molecular flexibility index (Phi) is 3.14. The average Bonchev–Trinajstić information content (AvgIpc) is 1.63. The Morgan fingerprint density at radius 2 is 1.89 bits per heavy atom. The second-order valence-electron chi connectivity index (χ2n) is 2.18. The van der Waals surface area contributed by atoms with Crippen molar-refractivity contribution < 1.29 is 8.42 Å². The van der Waals surface area contributed by atoms with E-state index in [9.17, 15) is 8.42 Å². The van der Waals surface area contributed by atoms with Crippen molar-refractivity contribution in [3.05, 3.63) is 0 Å². The maximum absolute atomic E-state index is 10.7. The van der Waals surface area contributed by atoms with Crippen LogP contribution in [0.15, 0.2) is 0 Å². The second-order valence-corrected chi connectivity index (χ2v) is 4.22. The molecule has 0 amide bonds. The van der Waals surface area contributed by atoms with Crippen LogP contribution in [0.25, 0.3) is 0 Å². The van der Waals surface area contributed by atoms with Crippen LogP contribution in [0.2, 0.25) is 0 Å². The molecular weight excluding hydrogens is 138 g/mol. The highest BCUT2D eigenvalue weighted by Gasteiger charge is 2.06. The first-order chi connectivity index (χ1) is 3.98. The quantitative estimate of drug-likeness (QED) is 0.632.